The molecule has 84 valence electrons. The Hall–Kier alpha value is -1.33. The largest absolute Gasteiger partial charge is 0.309 e. The molecule has 1 aromatic carbocycles. The zero-order valence-electron chi connectivity index (χ0n) is 9.07. The molecule has 0 amide bonds. The second-order valence-corrected chi connectivity index (χ2v) is 4.36. The number of rotatable bonds is 3. The molecule has 1 aromatic heterocycles. The third-order valence-corrected chi connectivity index (χ3v) is 3.23. The van der Waals surface area contributed by atoms with E-state index in [1.807, 2.05) is 14.0 Å². The number of benzene rings is 1. The minimum atomic E-state index is -0.224. The van der Waals surface area contributed by atoms with Crippen molar-refractivity contribution in [3.8, 4) is 0 Å². The van der Waals surface area contributed by atoms with Crippen molar-refractivity contribution in [2.45, 2.75) is 13.0 Å². The molecule has 2 aromatic rings. The second kappa shape index (κ2) is 4.67. The highest BCUT2D eigenvalue weighted by molar-refractivity contribution is 7.05. The summed E-state index contributed by atoms with van der Waals surface area (Å²) in [5, 5.41) is 6.96. The van der Waals surface area contributed by atoms with Gasteiger partial charge < -0.3 is 5.32 Å². The van der Waals surface area contributed by atoms with Gasteiger partial charge in [0.05, 0.1) is 17.1 Å². The van der Waals surface area contributed by atoms with E-state index in [1.165, 1.54) is 17.6 Å². The van der Waals surface area contributed by atoms with E-state index in [0.717, 1.165) is 16.0 Å². The molecule has 0 bridgehead atoms. The van der Waals surface area contributed by atoms with Crippen LogP contribution in [0.1, 0.15) is 22.0 Å². The van der Waals surface area contributed by atoms with Crippen molar-refractivity contribution in [2.24, 2.45) is 0 Å². The van der Waals surface area contributed by atoms with Gasteiger partial charge in [0.25, 0.3) is 0 Å². The number of hydrogen-bond donors (Lipinski definition) is 1. The maximum atomic E-state index is 13.2. The number of nitrogens with zero attached hydrogens (tertiary/aromatic N) is 2. The molecular weight excluding hydrogens is 225 g/mol. The van der Waals surface area contributed by atoms with Crippen LogP contribution in [0.15, 0.2) is 24.4 Å². The lowest BCUT2D eigenvalue weighted by molar-refractivity contribution is 0.616. The molecule has 0 radical (unpaired) electrons. The molecule has 0 aliphatic rings. The van der Waals surface area contributed by atoms with Crippen molar-refractivity contribution >= 4 is 11.5 Å². The zero-order chi connectivity index (χ0) is 11.5. The zero-order valence-corrected chi connectivity index (χ0v) is 9.88. The summed E-state index contributed by atoms with van der Waals surface area (Å²) in [5.74, 6) is -0.224. The Balaban J connectivity index is 2.44. The Labute approximate surface area is 97.5 Å². The lowest BCUT2D eigenvalue weighted by Gasteiger charge is -2.16. The first-order valence-electron chi connectivity index (χ1n) is 4.93. The molecule has 0 aliphatic carbocycles. The van der Waals surface area contributed by atoms with Crippen molar-refractivity contribution in [2.75, 3.05) is 7.05 Å². The lowest BCUT2D eigenvalue weighted by atomic mass is 10.0. The number of aromatic nitrogens is 2. The fourth-order valence-electron chi connectivity index (χ4n) is 1.68. The van der Waals surface area contributed by atoms with Crippen molar-refractivity contribution in [1.82, 2.24) is 14.9 Å². The molecule has 0 spiro atoms. The molecule has 1 unspecified atom stereocenters. The molecule has 0 fully saturated rings. The van der Waals surface area contributed by atoms with Gasteiger partial charge in [-0.25, -0.2) is 4.39 Å². The summed E-state index contributed by atoms with van der Waals surface area (Å²) in [7, 11) is 1.84. The molecule has 0 aliphatic heterocycles. The number of aryl methyl sites for hydroxylation is 1. The second-order valence-electron chi connectivity index (χ2n) is 3.54. The summed E-state index contributed by atoms with van der Waals surface area (Å²) in [6.07, 6.45) is 1.70. The van der Waals surface area contributed by atoms with Crippen LogP contribution in [0.5, 0.6) is 0 Å². The van der Waals surface area contributed by atoms with Crippen LogP contribution in [-0.4, -0.2) is 16.6 Å². The van der Waals surface area contributed by atoms with E-state index in [1.54, 1.807) is 18.3 Å². The molecule has 1 atom stereocenters. The van der Waals surface area contributed by atoms with Crippen LogP contribution >= 0.6 is 11.5 Å². The first kappa shape index (κ1) is 11.2. The van der Waals surface area contributed by atoms with Gasteiger partial charge in [-0.1, -0.05) is 10.6 Å². The smallest absolute Gasteiger partial charge is 0.123 e. The Morgan fingerprint density at radius 1 is 1.44 bits per heavy atom. The topological polar surface area (TPSA) is 37.8 Å². The highest BCUT2D eigenvalue weighted by Crippen LogP contribution is 2.26. The minimum Gasteiger partial charge on any atom is -0.309 e. The summed E-state index contributed by atoms with van der Waals surface area (Å²) in [6, 6.07) is 4.76. The lowest BCUT2D eigenvalue weighted by Crippen LogP contribution is -2.17. The van der Waals surface area contributed by atoms with Gasteiger partial charge in [-0.2, -0.15) is 0 Å². The molecule has 0 saturated carbocycles. The SMILES string of the molecule is CNC(c1cnns1)c1cc(F)ccc1C. The van der Waals surface area contributed by atoms with Crippen LogP contribution < -0.4 is 5.32 Å². The van der Waals surface area contributed by atoms with Crippen molar-refractivity contribution in [3.05, 3.63) is 46.2 Å². The van der Waals surface area contributed by atoms with Gasteiger partial charge >= 0.3 is 0 Å². The van der Waals surface area contributed by atoms with Crippen LogP contribution in [0.3, 0.4) is 0 Å². The van der Waals surface area contributed by atoms with Crippen molar-refractivity contribution in [3.63, 3.8) is 0 Å². The standard InChI is InChI=1S/C11H12FN3S/c1-7-3-4-8(12)5-9(7)11(13-2)10-6-14-15-16-10/h3-6,11,13H,1-2H3. The molecule has 1 heterocycles. The molecule has 3 nitrogen and oxygen atoms in total. The van der Waals surface area contributed by atoms with E-state index in [2.05, 4.69) is 14.9 Å². The van der Waals surface area contributed by atoms with Crippen molar-refractivity contribution < 1.29 is 4.39 Å². The third kappa shape index (κ3) is 2.10. The van der Waals surface area contributed by atoms with Crippen LogP contribution in [-0.2, 0) is 0 Å². The Kier molecular flexibility index (Phi) is 3.26. The monoisotopic (exact) mass is 237 g/mol. The minimum absolute atomic E-state index is 0.0456. The first-order chi connectivity index (χ1) is 7.72. The van der Waals surface area contributed by atoms with E-state index in [4.69, 9.17) is 0 Å². The summed E-state index contributed by atoms with van der Waals surface area (Å²) in [5.41, 5.74) is 1.97. The summed E-state index contributed by atoms with van der Waals surface area (Å²) in [4.78, 5) is 0.983. The van der Waals surface area contributed by atoms with Gasteiger partial charge in [0, 0.05) is 0 Å². The average molecular weight is 237 g/mol. The number of halogens is 1. The molecule has 2 rings (SSSR count). The Morgan fingerprint density at radius 3 is 2.88 bits per heavy atom. The van der Waals surface area contributed by atoms with E-state index >= 15 is 0 Å². The normalized spacial score (nSPS) is 12.7. The molecule has 5 heteroatoms. The third-order valence-electron chi connectivity index (χ3n) is 2.50. The molecule has 16 heavy (non-hydrogen) atoms. The molecule has 0 saturated heterocycles. The van der Waals surface area contributed by atoms with Crippen LogP contribution in [0.25, 0.3) is 0 Å². The van der Waals surface area contributed by atoms with Gasteiger partial charge in [-0.15, -0.1) is 5.10 Å². The highest BCUT2D eigenvalue weighted by Gasteiger charge is 2.16. The molecule has 1 N–H and O–H groups in total. The fraction of sp³-hybridized carbons (Fsp3) is 0.273. The van der Waals surface area contributed by atoms with E-state index in [9.17, 15) is 4.39 Å². The van der Waals surface area contributed by atoms with Gasteiger partial charge in [0.2, 0.25) is 0 Å². The van der Waals surface area contributed by atoms with Gasteiger partial charge in [-0.3, -0.25) is 0 Å². The Bertz CT molecular complexity index is 470. The van der Waals surface area contributed by atoms with Crippen molar-refractivity contribution in [1.29, 1.82) is 0 Å². The fourth-order valence-corrected chi connectivity index (χ4v) is 2.31. The quantitative estimate of drug-likeness (QED) is 0.890. The summed E-state index contributed by atoms with van der Waals surface area (Å²) >= 11 is 1.32. The number of hydrogen-bond acceptors (Lipinski definition) is 4. The van der Waals surface area contributed by atoms with E-state index in [-0.39, 0.29) is 11.9 Å². The predicted molar refractivity (Wildman–Crippen MR) is 61.9 cm³/mol. The van der Waals surface area contributed by atoms with Gasteiger partial charge in [0.1, 0.15) is 5.82 Å². The average Bonchev–Trinajstić information content (AvgIpc) is 2.78. The maximum Gasteiger partial charge on any atom is 0.123 e. The first-order valence-corrected chi connectivity index (χ1v) is 5.70. The van der Waals surface area contributed by atoms with Crippen LogP contribution in [0.2, 0.25) is 0 Å². The Morgan fingerprint density at radius 2 is 2.25 bits per heavy atom. The van der Waals surface area contributed by atoms with Crippen LogP contribution in [0.4, 0.5) is 4.39 Å². The number of nitrogens with one attached hydrogen (secondary N) is 1. The summed E-state index contributed by atoms with van der Waals surface area (Å²) < 4.78 is 17.1. The van der Waals surface area contributed by atoms with E-state index in [0.29, 0.717) is 0 Å². The van der Waals surface area contributed by atoms with Gasteiger partial charge in [-0.05, 0) is 48.8 Å². The molecular formula is C11H12FN3S. The maximum absolute atomic E-state index is 13.2. The van der Waals surface area contributed by atoms with Gasteiger partial charge in [0.15, 0.2) is 0 Å². The van der Waals surface area contributed by atoms with Crippen LogP contribution in [0, 0.1) is 12.7 Å². The summed E-state index contributed by atoms with van der Waals surface area (Å²) in [6.45, 7) is 1.97. The predicted octanol–water partition coefficient (Wildman–Crippen LogP) is 2.29. The van der Waals surface area contributed by atoms with E-state index < -0.39 is 0 Å². The highest BCUT2D eigenvalue weighted by atomic mass is 32.1.